The molecular formula is C32H43N3O6. The number of nitrogens with one attached hydrogen (secondary N) is 2. The Morgan fingerprint density at radius 3 is 2.27 bits per heavy atom. The van der Waals surface area contributed by atoms with Crippen molar-refractivity contribution in [3.05, 3.63) is 35.4 Å². The van der Waals surface area contributed by atoms with E-state index in [0.717, 1.165) is 31.2 Å². The molecule has 0 aromatic heterocycles. The molecule has 1 aromatic carbocycles. The number of amides is 2. The third-order valence-electron chi connectivity index (χ3n) is 9.07. The summed E-state index contributed by atoms with van der Waals surface area (Å²) in [5.74, 6) is -1.60. The third kappa shape index (κ3) is 8.46. The summed E-state index contributed by atoms with van der Waals surface area (Å²) in [6, 6.07) is 7.51. The summed E-state index contributed by atoms with van der Waals surface area (Å²) in [6.45, 7) is 3.72. The van der Waals surface area contributed by atoms with Crippen LogP contribution in [0.4, 0.5) is 0 Å². The van der Waals surface area contributed by atoms with Crippen LogP contribution in [0, 0.1) is 29.1 Å². The molecule has 4 atom stereocenters. The standard InChI is InChI=1S/C32H43N3O6/c1-20(34-30(39)24-11-13-26(36)14-12-24)28(37)17-25(15-22-7-9-23(18-33)10-8-22)31(40)35-27(16-21-5-3-4-6-21)29(38)32(2)19-41-32/h7-10,20-21,24-27,36H,3-6,11-17,19H2,1-2H3,(H,34,39)(H,35,40). The third-order valence-corrected chi connectivity index (χ3v) is 9.07. The molecule has 0 bridgehead atoms. The first kappa shape index (κ1) is 30.9. The molecule has 1 heterocycles. The number of Topliss-reactive ketones (excluding diaryl/α,β-unsaturated/α-hetero) is 2. The van der Waals surface area contributed by atoms with Crippen LogP contribution in [0.2, 0.25) is 0 Å². The van der Waals surface area contributed by atoms with Crippen LogP contribution < -0.4 is 10.6 Å². The molecule has 4 unspecified atom stereocenters. The number of hydrogen-bond donors (Lipinski definition) is 3. The molecule has 2 aliphatic carbocycles. The van der Waals surface area contributed by atoms with E-state index in [1.54, 1.807) is 38.1 Å². The Morgan fingerprint density at radius 2 is 1.68 bits per heavy atom. The van der Waals surface area contributed by atoms with Gasteiger partial charge in [0.05, 0.1) is 36.4 Å². The molecular weight excluding hydrogens is 522 g/mol. The summed E-state index contributed by atoms with van der Waals surface area (Å²) < 4.78 is 5.42. The molecule has 1 saturated heterocycles. The maximum Gasteiger partial charge on any atom is 0.224 e. The van der Waals surface area contributed by atoms with Crippen molar-refractivity contribution in [2.75, 3.05) is 6.61 Å². The van der Waals surface area contributed by atoms with Gasteiger partial charge in [-0.25, -0.2) is 0 Å². The lowest BCUT2D eigenvalue weighted by molar-refractivity contribution is -0.135. The van der Waals surface area contributed by atoms with Gasteiger partial charge in [0, 0.05) is 18.3 Å². The molecule has 4 rings (SSSR count). The number of carbonyl (C=O) groups is 4. The first-order chi connectivity index (χ1) is 19.6. The van der Waals surface area contributed by atoms with E-state index in [4.69, 9.17) is 10.00 Å². The Labute approximate surface area is 242 Å². The van der Waals surface area contributed by atoms with E-state index in [2.05, 4.69) is 16.7 Å². The predicted octanol–water partition coefficient (Wildman–Crippen LogP) is 3.16. The molecule has 3 fully saturated rings. The number of aliphatic hydroxyl groups excluding tert-OH is 1. The quantitative estimate of drug-likeness (QED) is 0.311. The summed E-state index contributed by atoms with van der Waals surface area (Å²) in [6.07, 6.45) is 6.92. The first-order valence-electron chi connectivity index (χ1n) is 15.1. The summed E-state index contributed by atoms with van der Waals surface area (Å²) in [5, 5.41) is 24.7. The van der Waals surface area contributed by atoms with E-state index < -0.39 is 23.6 Å². The topological polar surface area (TPSA) is 149 Å². The Hall–Kier alpha value is -3.09. The highest BCUT2D eigenvalue weighted by atomic mass is 16.6. The lowest BCUT2D eigenvalue weighted by atomic mass is 9.86. The summed E-state index contributed by atoms with van der Waals surface area (Å²) in [5.41, 5.74) is 0.422. The van der Waals surface area contributed by atoms with Crippen LogP contribution >= 0.6 is 0 Å². The van der Waals surface area contributed by atoms with Gasteiger partial charge in [-0.15, -0.1) is 0 Å². The zero-order valence-electron chi connectivity index (χ0n) is 24.2. The van der Waals surface area contributed by atoms with Crippen molar-refractivity contribution < 1.29 is 29.0 Å². The SMILES string of the molecule is CC(NC(=O)C1CCC(O)CC1)C(=O)CC(Cc1ccc(C#N)cc1)C(=O)NC(CC1CCCC1)C(=O)C1(C)CO1. The minimum absolute atomic E-state index is 0.102. The Balaban J connectivity index is 1.45. The van der Waals surface area contributed by atoms with Crippen molar-refractivity contribution in [1.82, 2.24) is 10.6 Å². The number of benzene rings is 1. The van der Waals surface area contributed by atoms with Crippen molar-refractivity contribution >= 4 is 23.4 Å². The molecule has 9 heteroatoms. The number of aliphatic hydroxyl groups is 1. The monoisotopic (exact) mass is 565 g/mol. The van der Waals surface area contributed by atoms with Crippen molar-refractivity contribution in [1.29, 1.82) is 5.26 Å². The van der Waals surface area contributed by atoms with Crippen LogP contribution in [0.3, 0.4) is 0 Å². The molecule has 0 radical (unpaired) electrons. The average Bonchev–Trinajstić information content (AvgIpc) is 3.50. The maximum atomic E-state index is 13.7. The van der Waals surface area contributed by atoms with Gasteiger partial charge < -0.3 is 20.5 Å². The van der Waals surface area contributed by atoms with Crippen LogP contribution in [0.25, 0.3) is 0 Å². The zero-order chi connectivity index (χ0) is 29.6. The number of ether oxygens (including phenoxy) is 1. The fraction of sp³-hybridized carbons (Fsp3) is 0.656. The van der Waals surface area contributed by atoms with E-state index in [0.29, 0.717) is 50.2 Å². The molecule has 1 aliphatic heterocycles. The molecule has 0 spiro atoms. The highest BCUT2D eigenvalue weighted by Crippen LogP contribution is 2.34. The highest BCUT2D eigenvalue weighted by Gasteiger charge is 2.50. The van der Waals surface area contributed by atoms with Crippen molar-refractivity contribution in [2.45, 2.75) is 108 Å². The van der Waals surface area contributed by atoms with Crippen LogP contribution in [0.5, 0.6) is 0 Å². The van der Waals surface area contributed by atoms with Crippen molar-refractivity contribution in [3.63, 3.8) is 0 Å². The maximum absolute atomic E-state index is 13.7. The second kappa shape index (κ2) is 13.7. The number of hydrogen-bond acceptors (Lipinski definition) is 7. The van der Waals surface area contributed by atoms with E-state index >= 15 is 0 Å². The fourth-order valence-electron chi connectivity index (χ4n) is 6.15. The molecule has 9 nitrogen and oxygen atoms in total. The largest absolute Gasteiger partial charge is 0.393 e. The van der Waals surface area contributed by atoms with Gasteiger partial charge in [-0.1, -0.05) is 37.8 Å². The number of rotatable bonds is 13. The van der Waals surface area contributed by atoms with Crippen LogP contribution in [-0.4, -0.2) is 58.9 Å². The average molecular weight is 566 g/mol. The van der Waals surface area contributed by atoms with Gasteiger partial charge >= 0.3 is 0 Å². The second-order valence-electron chi connectivity index (χ2n) is 12.4. The van der Waals surface area contributed by atoms with E-state index in [-0.39, 0.29) is 48.2 Å². The van der Waals surface area contributed by atoms with Crippen LogP contribution in [0.1, 0.15) is 89.2 Å². The second-order valence-corrected chi connectivity index (χ2v) is 12.4. The smallest absolute Gasteiger partial charge is 0.224 e. The molecule has 3 aliphatic rings. The molecule has 2 saturated carbocycles. The number of carbonyl (C=O) groups excluding carboxylic acids is 4. The number of nitrogens with zero attached hydrogens (tertiary/aromatic N) is 1. The van der Waals surface area contributed by atoms with E-state index in [1.165, 1.54) is 0 Å². The van der Waals surface area contributed by atoms with Crippen molar-refractivity contribution in [2.24, 2.45) is 17.8 Å². The van der Waals surface area contributed by atoms with Gasteiger partial charge in [0.15, 0.2) is 11.6 Å². The highest BCUT2D eigenvalue weighted by molar-refractivity contribution is 5.98. The van der Waals surface area contributed by atoms with Gasteiger partial charge in [-0.2, -0.15) is 5.26 Å². The number of ketones is 2. The minimum Gasteiger partial charge on any atom is -0.393 e. The Morgan fingerprint density at radius 1 is 1.05 bits per heavy atom. The van der Waals surface area contributed by atoms with Gasteiger partial charge in [-0.05, 0) is 76.0 Å². The molecule has 2 amide bonds. The summed E-state index contributed by atoms with van der Waals surface area (Å²) >= 11 is 0. The summed E-state index contributed by atoms with van der Waals surface area (Å²) in [4.78, 5) is 53.2. The number of nitriles is 1. The van der Waals surface area contributed by atoms with Gasteiger partial charge in [0.25, 0.3) is 0 Å². The van der Waals surface area contributed by atoms with Crippen LogP contribution in [-0.2, 0) is 30.3 Å². The van der Waals surface area contributed by atoms with Gasteiger partial charge in [-0.3, -0.25) is 19.2 Å². The predicted molar refractivity (Wildman–Crippen MR) is 151 cm³/mol. The van der Waals surface area contributed by atoms with Gasteiger partial charge in [0.1, 0.15) is 5.60 Å². The van der Waals surface area contributed by atoms with E-state index in [9.17, 15) is 24.3 Å². The molecule has 3 N–H and O–H groups in total. The summed E-state index contributed by atoms with van der Waals surface area (Å²) in [7, 11) is 0. The zero-order valence-corrected chi connectivity index (χ0v) is 24.2. The fourth-order valence-corrected chi connectivity index (χ4v) is 6.15. The lowest BCUT2D eigenvalue weighted by Crippen LogP contribution is -2.50. The lowest BCUT2D eigenvalue weighted by Gasteiger charge is -2.27. The Kier molecular flexibility index (Phi) is 10.3. The van der Waals surface area contributed by atoms with Crippen LogP contribution in [0.15, 0.2) is 24.3 Å². The molecule has 41 heavy (non-hydrogen) atoms. The number of epoxide rings is 1. The first-order valence-corrected chi connectivity index (χ1v) is 15.1. The molecule has 222 valence electrons. The van der Waals surface area contributed by atoms with Crippen molar-refractivity contribution in [3.8, 4) is 6.07 Å². The van der Waals surface area contributed by atoms with Gasteiger partial charge in [0.2, 0.25) is 11.8 Å². The van der Waals surface area contributed by atoms with E-state index in [1.807, 2.05) is 0 Å². The normalized spacial score (nSPS) is 26.3. The molecule has 1 aromatic rings. The Bertz CT molecular complexity index is 1140. The minimum atomic E-state index is -0.872.